The van der Waals surface area contributed by atoms with Crippen molar-refractivity contribution < 1.29 is 29.6 Å². The van der Waals surface area contributed by atoms with Gasteiger partial charge < -0.3 is 21.3 Å². The molecular weight excluding hydrogens is 230 g/mol. The molecule has 0 atom stereocenters. The van der Waals surface area contributed by atoms with Crippen LogP contribution in [0.1, 0.15) is 19.6 Å². The first-order chi connectivity index (χ1) is 5.02. The molecule has 0 bridgehead atoms. The van der Waals surface area contributed by atoms with Crippen LogP contribution in [0, 0.1) is 0 Å². The summed E-state index contributed by atoms with van der Waals surface area (Å²) in [5.41, 5.74) is 0. The molecule has 0 saturated carbocycles. The molecule has 0 aliphatic heterocycles. The maximum atomic E-state index is 10.4. The summed E-state index contributed by atoms with van der Waals surface area (Å²) in [6.45, 7) is 1.72. The standard InChI is InChI=1S/C6H8O5.Ca.Mg.H3N.4H/c1-4(7)10-3-6(9)11-5(2)8;;;;;;;/h3H2,1-2H3;;;1H3;;;;/q;2*+2;;4*-1. The SMILES string of the molecule is CC(=O)OCC(=O)OC(C)=O.N.[Ca+2].[H-].[H-].[H-].[H-].[Mg+2]. The Balaban J connectivity index is -0.0000000238. The third kappa shape index (κ3) is 18.4. The van der Waals surface area contributed by atoms with Gasteiger partial charge in [0, 0.05) is 13.8 Å². The molecule has 0 aliphatic carbocycles. The second kappa shape index (κ2) is 13.6. The molecule has 0 aromatic rings. The zero-order chi connectivity index (χ0) is 8.85. The van der Waals surface area contributed by atoms with Crippen molar-refractivity contribution in [3.63, 3.8) is 0 Å². The molecular formula is C6H15CaMgNO5. The maximum Gasteiger partial charge on any atom is 2.00 e. The van der Waals surface area contributed by atoms with Crippen LogP contribution in [0.4, 0.5) is 0 Å². The van der Waals surface area contributed by atoms with Crippen molar-refractivity contribution in [1.29, 1.82) is 0 Å². The number of rotatable bonds is 2. The van der Waals surface area contributed by atoms with Crippen molar-refractivity contribution in [3.05, 3.63) is 0 Å². The van der Waals surface area contributed by atoms with Crippen molar-refractivity contribution in [2.24, 2.45) is 0 Å². The van der Waals surface area contributed by atoms with E-state index >= 15 is 0 Å². The van der Waals surface area contributed by atoms with E-state index in [2.05, 4.69) is 9.47 Å². The Morgan fingerprint density at radius 1 is 1.14 bits per heavy atom. The van der Waals surface area contributed by atoms with Gasteiger partial charge in [-0.2, -0.15) is 0 Å². The average Bonchev–Trinajstić information content (AvgIpc) is 1.82. The summed E-state index contributed by atoms with van der Waals surface area (Å²) in [4.78, 5) is 30.7. The van der Waals surface area contributed by atoms with Crippen molar-refractivity contribution in [1.82, 2.24) is 6.15 Å². The summed E-state index contributed by atoms with van der Waals surface area (Å²) in [5.74, 6) is -2.18. The second-order valence-corrected chi connectivity index (χ2v) is 1.75. The smallest absolute Gasteiger partial charge is 1.00 e. The summed E-state index contributed by atoms with van der Waals surface area (Å²) in [7, 11) is 0. The Labute approximate surface area is 134 Å². The van der Waals surface area contributed by atoms with Crippen molar-refractivity contribution in [2.45, 2.75) is 13.8 Å². The van der Waals surface area contributed by atoms with E-state index in [-0.39, 0.29) is 72.6 Å². The van der Waals surface area contributed by atoms with Crippen molar-refractivity contribution in [3.8, 4) is 0 Å². The third-order valence-electron chi connectivity index (χ3n) is 0.651. The molecule has 14 heavy (non-hydrogen) atoms. The van der Waals surface area contributed by atoms with Gasteiger partial charge in [0.25, 0.3) is 0 Å². The molecule has 8 heteroatoms. The van der Waals surface area contributed by atoms with Gasteiger partial charge in [-0.15, -0.1) is 0 Å². The molecule has 0 radical (unpaired) electrons. The van der Waals surface area contributed by atoms with Crippen LogP contribution in [0.3, 0.4) is 0 Å². The Bertz CT molecular complexity index is 212. The zero-order valence-corrected chi connectivity index (χ0v) is 12.0. The zero-order valence-electron chi connectivity index (χ0n) is 12.4. The van der Waals surface area contributed by atoms with E-state index in [0.29, 0.717) is 0 Å². The van der Waals surface area contributed by atoms with Crippen LogP contribution in [0.25, 0.3) is 0 Å². The van der Waals surface area contributed by atoms with Crippen molar-refractivity contribution >= 4 is 78.7 Å². The molecule has 3 N–H and O–H groups in total. The van der Waals surface area contributed by atoms with Crippen LogP contribution in [-0.4, -0.2) is 85.3 Å². The van der Waals surface area contributed by atoms with E-state index in [4.69, 9.17) is 0 Å². The number of carbonyl (C=O) groups is 3. The van der Waals surface area contributed by atoms with E-state index in [1.54, 1.807) is 0 Å². The fourth-order valence-electron chi connectivity index (χ4n) is 0.350. The molecule has 0 aromatic heterocycles. The van der Waals surface area contributed by atoms with Gasteiger partial charge in [-0.25, -0.2) is 4.79 Å². The van der Waals surface area contributed by atoms with Gasteiger partial charge in [-0.3, -0.25) is 9.59 Å². The first-order valence-electron chi connectivity index (χ1n) is 2.87. The Hall–Kier alpha value is 0.596. The Morgan fingerprint density at radius 2 is 1.57 bits per heavy atom. The summed E-state index contributed by atoms with van der Waals surface area (Å²) in [6.07, 6.45) is 0. The van der Waals surface area contributed by atoms with Gasteiger partial charge in [0.05, 0.1) is 0 Å². The summed E-state index contributed by atoms with van der Waals surface area (Å²) in [6, 6.07) is 0. The van der Waals surface area contributed by atoms with Crippen LogP contribution in [0.2, 0.25) is 0 Å². The molecule has 0 unspecified atom stereocenters. The van der Waals surface area contributed by atoms with Crippen LogP contribution in [0.5, 0.6) is 0 Å². The van der Waals surface area contributed by atoms with Gasteiger partial charge >= 0.3 is 78.7 Å². The molecule has 0 rings (SSSR count). The van der Waals surface area contributed by atoms with Gasteiger partial charge in [0.1, 0.15) is 0 Å². The van der Waals surface area contributed by atoms with E-state index < -0.39 is 24.5 Å². The molecule has 0 aromatic carbocycles. The number of esters is 3. The Morgan fingerprint density at radius 3 is 1.86 bits per heavy atom. The topological polar surface area (TPSA) is 105 Å². The fourth-order valence-corrected chi connectivity index (χ4v) is 0.350. The molecule has 0 amide bonds. The number of hydrogen-bond donors (Lipinski definition) is 1. The van der Waals surface area contributed by atoms with Gasteiger partial charge in [0.2, 0.25) is 0 Å². The number of hydrogen-bond acceptors (Lipinski definition) is 6. The number of carbonyl (C=O) groups excluding carboxylic acids is 3. The molecule has 78 valence electrons. The monoisotopic (exact) mass is 245 g/mol. The average molecular weight is 246 g/mol. The van der Waals surface area contributed by atoms with Crippen LogP contribution in [0.15, 0.2) is 0 Å². The predicted octanol–water partition coefficient (Wildman–Crippen LogP) is -0.510. The van der Waals surface area contributed by atoms with E-state index in [1.165, 1.54) is 0 Å². The second-order valence-electron chi connectivity index (χ2n) is 1.75. The normalized spacial score (nSPS) is 6.71. The molecule has 0 aliphatic rings. The Kier molecular flexibility index (Phi) is 23.3. The minimum Gasteiger partial charge on any atom is -1.00 e. The minimum absolute atomic E-state index is 0. The van der Waals surface area contributed by atoms with Crippen LogP contribution >= 0.6 is 0 Å². The molecule has 0 spiro atoms. The quantitative estimate of drug-likeness (QED) is 0.399. The maximum absolute atomic E-state index is 10.4. The fraction of sp³-hybridized carbons (Fsp3) is 0.500. The minimum atomic E-state index is -0.868. The first-order valence-corrected chi connectivity index (χ1v) is 2.87. The van der Waals surface area contributed by atoms with Gasteiger partial charge in [0.15, 0.2) is 6.61 Å². The van der Waals surface area contributed by atoms with Crippen LogP contribution in [-0.2, 0) is 23.9 Å². The van der Waals surface area contributed by atoms with Crippen molar-refractivity contribution in [2.75, 3.05) is 6.61 Å². The largest absolute Gasteiger partial charge is 2.00 e. The van der Waals surface area contributed by atoms with E-state index in [0.717, 1.165) is 13.8 Å². The van der Waals surface area contributed by atoms with Gasteiger partial charge in [-0.05, 0) is 0 Å². The third-order valence-corrected chi connectivity index (χ3v) is 0.651. The molecule has 0 saturated heterocycles. The first kappa shape index (κ1) is 24.0. The molecule has 6 nitrogen and oxygen atoms in total. The summed E-state index contributed by atoms with van der Waals surface area (Å²) in [5, 5.41) is 0. The summed E-state index contributed by atoms with van der Waals surface area (Å²) >= 11 is 0. The summed E-state index contributed by atoms with van der Waals surface area (Å²) < 4.78 is 8.28. The van der Waals surface area contributed by atoms with E-state index in [9.17, 15) is 14.4 Å². The molecule has 0 fully saturated rings. The van der Waals surface area contributed by atoms with Gasteiger partial charge in [-0.1, -0.05) is 0 Å². The van der Waals surface area contributed by atoms with E-state index in [1.807, 2.05) is 0 Å². The predicted molar refractivity (Wildman–Crippen MR) is 54.4 cm³/mol. The molecule has 0 heterocycles. The van der Waals surface area contributed by atoms with Crippen LogP contribution < -0.4 is 6.15 Å². The number of ether oxygens (including phenoxy) is 2.